The molecule has 2 rings (SSSR count). The first-order valence-corrected chi connectivity index (χ1v) is 9.42. The van der Waals surface area contributed by atoms with Crippen LogP contribution in [0.25, 0.3) is 0 Å². The van der Waals surface area contributed by atoms with Crippen molar-refractivity contribution in [1.29, 1.82) is 0 Å². The molecule has 26 heavy (non-hydrogen) atoms. The second-order valence-corrected chi connectivity index (χ2v) is 7.21. The van der Waals surface area contributed by atoms with Gasteiger partial charge in [0.05, 0.1) is 0 Å². The predicted octanol–water partition coefficient (Wildman–Crippen LogP) is 1.34. The van der Waals surface area contributed by atoms with Crippen molar-refractivity contribution < 1.29 is 23.9 Å². The summed E-state index contributed by atoms with van der Waals surface area (Å²) in [7, 11) is 0. The number of esters is 1. The third-order valence-electron chi connectivity index (χ3n) is 5.56. The largest absolute Gasteiger partial charge is 0.454 e. The molecule has 2 aliphatic rings. The van der Waals surface area contributed by atoms with Crippen LogP contribution < -0.4 is 10.6 Å². The molecular formula is C18H29N3O5. The lowest BCUT2D eigenvalue weighted by atomic mass is 9.86. The Kier molecular flexibility index (Phi) is 6.61. The third kappa shape index (κ3) is 4.34. The molecule has 1 aliphatic carbocycles. The average Bonchev–Trinajstić information content (AvgIpc) is 2.86. The molecule has 1 heterocycles. The SMILES string of the molecule is CCC1(CC)NC(=O)N(CC(=O)OCC(=O)N[C@@H]2CCCC[C@@H]2C)C1=O. The van der Waals surface area contributed by atoms with Gasteiger partial charge < -0.3 is 15.4 Å². The van der Waals surface area contributed by atoms with E-state index in [-0.39, 0.29) is 11.9 Å². The van der Waals surface area contributed by atoms with Crippen molar-refractivity contribution >= 4 is 23.8 Å². The van der Waals surface area contributed by atoms with Gasteiger partial charge in [-0.1, -0.05) is 33.6 Å². The van der Waals surface area contributed by atoms with E-state index < -0.39 is 36.6 Å². The lowest BCUT2D eigenvalue weighted by Gasteiger charge is -2.29. The van der Waals surface area contributed by atoms with Crippen LogP contribution in [0.1, 0.15) is 59.3 Å². The molecule has 146 valence electrons. The maximum Gasteiger partial charge on any atom is 0.326 e. The number of imide groups is 1. The molecule has 4 amide bonds. The van der Waals surface area contributed by atoms with Crippen LogP contribution >= 0.6 is 0 Å². The molecule has 0 aromatic heterocycles. The standard InChI is InChI=1S/C18H29N3O5/c1-4-18(5-2)16(24)21(17(25)20-18)10-15(23)26-11-14(22)19-13-9-7-6-8-12(13)3/h12-13H,4-11H2,1-3H3,(H,19,22)(H,20,25)/t12-,13+/m0/s1. The molecule has 8 nitrogen and oxygen atoms in total. The molecule has 8 heteroatoms. The first-order valence-electron chi connectivity index (χ1n) is 9.42. The summed E-state index contributed by atoms with van der Waals surface area (Å²) in [4.78, 5) is 49.2. The second-order valence-electron chi connectivity index (χ2n) is 7.21. The fourth-order valence-electron chi connectivity index (χ4n) is 3.65. The first kappa shape index (κ1) is 20.2. The average molecular weight is 367 g/mol. The summed E-state index contributed by atoms with van der Waals surface area (Å²) in [6.07, 6.45) is 5.15. The van der Waals surface area contributed by atoms with Crippen molar-refractivity contribution in [3.8, 4) is 0 Å². The van der Waals surface area contributed by atoms with Gasteiger partial charge in [-0.25, -0.2) is 4.79 Å². The Morgan fingerprint density at radius 3 is 2.46 bits per heavy atom. The molecule has 0 unspecified atom stereocenters. The van der Waals surface area contributed by atoms with E-state index in [9.17, 15) is 19.2 Å². The van der Waals surface area contributed by atoms with E-state index >= 15 is 0 Å². The molecule has 2 atom stereocenters. The van der Waals surface area contributed by atoms with E-state index in [0.717, 1.165) is 24.2 Å². The number of ether oxygens (including phenoxy) is 1. The molecule has 1 aliphatic heterocycles. The fraction of sp³-hybridized carbons (Fsp3) is 0.778. The number of carbonyl (C=O) groups is 4. The van der Waals surface area contributed by atoms with Crippen LogP contribution in [0.3, 0.4) is 0 Å². The molecule has 0 bridgehead atoms. The van der Waals surface area contributed by atoms with E-state index in [1.807, 2.05) is 0 Å². The molecule has 1 saturated carbocycles. The number of carbonyl (C=O) groups excluding carboxylic acids is 4. The third-order valence-corrected chi connectivity index (χ3v) is 5.56. The van der Waals surface area contributed by atoms with Crippen LogP contribution in [0, 0.1) is 5.92 Å². The van der Waals surface area contributed by atoms with Gasteiger partial charge in [-0.15, -0.1) is 0 Å². The van der Waals surface area contributed by atoms with Crippen molar-refractivity contribution in [2.75, 3.05) is 13.2 Å². The van der Waals surface area contributed by atoms with Gasteiger partial charge in [-0.3, -0.25) is 19.3 Å². The number of hydrogen-bond acceptors (Lipinski definition) is 5. The number of hydrogen-bond donors (Lipinski definition) is 2. The van der Waals surface area contributed by atoms with Crippen LogP contribution in [0.2, 0.25) is 0 Å². The van der Waals surface area contributed by atoms with E-state index in [0.29, 0.717) is 18.8 Å². The maximum atomic E-state index is 12.4. The van der Waals surface area contributed by atoms with Crippen LogP contribution in [-0.4, -0.2) is 53.4 Å². The van der Waals surface area contributed by atoms with E-state index in [1.54, 1.807) is 13.8 Å². The van der Waals surface area contributed by atoms with Gasteiger partial charge in [-0.05, 0) is 31.6 Å². The van der Waals surface area contributed by atoms with Gasteiger partial charge in [0.15, 0.2) is 6.61 Å². The van der Waals surface area contributed by atoms with Crippen molar-refractivity contribution in [2.45, 2.75) is 70.9 Å². The highest BCUT2D eigenvalue weighted by Crippen LogP contribution is 2.25. The smallest absolute Gasteiger partial charge is 0.326 e. The second kappa shape index (κ2) is 8.51. The number of rotatable bonds is 7. The monoisotopic (exact) mass is 367 g/mol. The van der Waals surface area contributed by atoms with Gasteiger partial charge in [0.2, 0.25) is 0 Å². The van der Waals surface area contributed by atoms with Crippen molar-refractivity contribution in [3.05, 3.63) is 0 Å². The Balaban J connectivity index is 1.80. The van der Waals surface area contributed by atoms with Gasteiger partial charge in [0.1, 0.15) is 12.1 Å². The zero-order chi connectivity index (χ0) is 19.3. The fourth-order valence-corrected chi connectivity index (χ4v) is 3.65. The lowest BCUT2D eigenvalue weighted by molar-refractivity contribution is -0.151. The van der Waals surface area contributed by atoms with Crippen LogP contribution in [0.4, 0.5) is 4.79 Å². The summed E-state index contributed by atoms with van der Waals surface area (Å²) in [5.41, 5.74) is -0.953. The molecule has 0 spiro atoms. The molecule has 2 fully saturated rings. The van der Waals surface area contributed by atoms with Crippen molar-refractivity contribution in [2.24, 2.45) is 5.92 Å². The van der Waals surface area contributed by atoms with Crippen molar-refractivity contribution in [1.82, 2.24) is 15.5 Å². The minimum absolute atomic E-state index is 0.107. The van der Waals surface area contributed by atoms with E-state index in [2.05, 4.69) is 17.6 Å². The quantitative estimate of drug-likeness (QED) is 0.522. The lowest BCUT2D eigenvalue weighted by Crippen LogP contribution is -2.46. The Labute approximate surface area is 154 Å². The normalized spacial score (nSPS) is 25.0. The van der Waals surface area contributed by atoms with Gasteiger partial charge in [-0.2, -0.15) is 0 Å². The van der Waals surface area contributed by atoms with E-state index in [1.165, 1.54) is 6.42 Å². The summed E-state index contributed by atoms with van der Waals surface area (Å²) < 4.78 is 4.95. The summed E-state index contributed by atoms with van der Waals surface area (Å²) >= 11 is 0. The Morgan fingerprint density at radius 2 is 1.88 bits per heavy atom. The molecule has 1 saturated heterocycles. The molecule has 0 aromatic rings. The summed E-state index contributed by atoms with van der Waals surface area (Å²) in [6, 6.07) is -0.494. The first-order chi connectivity index (χ1) is 12.3. The summed E-state index contributed by atoms with van der Waals surface area (Å²) in [5, 5.41) is 5.54. The minimum atomic E-state index is -0.953. The zero-order valence-electron chi connectivity index (χ0n) is 15.8. The molecule has 0 aromatic carbocycles. The highest BCUT2D eigenvalue weighted by Gasteiger charge is 2.49. The topological polar surface area (TPSA) is 105 Å². The maximum absolute atomic E-state index is 12.4. The van der Waals surface area contributed by atoms with Crippen LogP contribution in [0.15, 0.2) is 0 Å². The number of amides is 4. The van der Waals surface area contributed by atoms with Gasteiger partial charge in [0.25, 0.3) is 11.8 Å². The van der Waals surface area contributed by atoms with Crippen molar-refractivity contribution in [3.63, 3.8) is 0 Å². The summed E-state index contributed by atoms with van der Waals surface area (Å²) in [6.45, 7) is 4.82. The summed E-state index contributed by atoms with van der Waals surface area (Å²) in [5.74, 6) is -1.15. The number of nitrogens with zero attached hydrogens (tertiary/aromatic N) is 1. The minimum Gasteiger partial charge on any atom is -0.454 e. The Bertz CT molecular complexity index is 573. The van der Waals surface area contributed by atoms with Gasteiger partial charge >= 0.3 is 12.0 Å². The number of urea groups is 1. The molecule has 0 radical (unpaired) electrons. The Morgan fingerprint density at radius 1 is 1.23 bits per heavy atom. The number of nitrogens with one attached hydrogen (secondary N) is 2. The van der Waals surface area contributed by atoms with E-state index in [4.69, 9.17) is 4.74 Å². The van der Waals surface area contributed by atoms with Crippen LogP contribution in [0.5, 0.6) is 0 Å². The predicted molar refractivity (Wildman–Crippen MR) is 94.1 cm³/mol. The highest BCUT2D eigenvalue weighted by atomic mass is 16.5. The highest BCUT2D eigenvalue weighted by molar-refractivity contribution is 6.08. The zero-order valence-corrected chi connectivity index (χ0v) is 15.8. The molecule has 2 N–H and O–H groups in total. The van der Waals surface area contributed by atoms with Gasteiger partial charge in [0, 0.05) is 6.04 Å². The molecular weight excluding hydrogens is 338 g/mol. The Hall–Kier alpha value is -2.12. The van der Waals surface area contributed by atoms with Crippen LogP contribution in [-0.2, 0) is 19.1 Å².